The molecule has 1 rings (SSSR count). The van der Waals surface area contributed by atoms with E-state index in [4.69, 9.17) is 33.2 Å². The van der Waals surface area contributed by atoms with Crippen LogP contribution in [0.25, 0.3) is 0 Å². The molecular weight excluding hydrogens is 480 g/mol. The quantitative estimate of drug-likeness (QED) is 0.177. The maximum atomic E-state index is 11.8. The molecule has 12 nitrogen and oxygen atoms in total. The number of carbonyl (C=O) groups excluding carboxylic acids is 5. The largest absolute Gasteiger partial charge is 0.466 e. The van der Waals surface area contributed by atoms with Gasteiger partial charge in [-0.25, -0.2) is 0 Å². The van der Waals surface area contributed by atoms with Crippen LogP contribution in [-0.2, 0) is 57.1 Å². The molecule has 1 saturated heterocycles. The van der Waals surface area contributed by atoms with Gasteiger partial charge in [0.25, 0.3) is 0 Å². The van der Waals surface area contributed by atoms with Crippen molar-refractivity contribution in [3.63, 3.8) is 0 Å². The van der Waals surface area contributed by atoms with Crippen LogP contribution in [0.15, 0.2) is 0 Å². The highest BCUT2D eigenvalue weighted by Crippen LogP contribution is 2.30. The topological polar surface area (TPSA) is 150 Å². The van der Waals surface area contributed by atoms with Gasteiger partial charge in [-0.2, -0.15) is 0 Å². The molecule has 36 heavy (non-hydrogen) atoms. The van der Waals surface area contributed by atoms with Gasteiger partial charge in [-0.05, 0) is 19.8 Å². The van der Waals surface area contributed by atoms with Crippen molar-refractivity contribution in [2.24, 2.45) is 0 Å². The fraction of sp³-hybridized carbons (Fsp3) is 0.792. The Morgan fingerprint density at radius 1 is 0.667 bits per heavy atom. The Hall–Kier alpha value is -2.73. The van der Waals surface area contributed by atoms with E-state index in [9.17, 15) is 24.0 Å². The van der Waals surface area contributed by atoms with Crippen molar-refractivity contribution in [3.8, 4) is 0 Å². The smallest absolute Gasteiger partial charge is 0.305 e. The maximum Gasteiger partial charge on any atom is 0.305 e. The summed E-state index contributed by atoms with van der Waals surface area (Å²) in [6, 6.07) is 0. The zero-order valence-corrected chi connectivity index (χ0v) is 21.6. The van der Waals surface area contributed by atoms with Crippen molar-refractivity contribution in [2.75, 3.05) is 19.8 Å². The maximum absolute atomic E-state index is 11.8. The van der Waals surface area contributed by atoms with Crippen molar-refractivity contribution in [1.29, 1.82) is 0 Å². The summed E-state index contributed by atoms with van der Waals surface area (Å²) in [6.07, 6.45) is -1.59. The third-order valence-corrected chi connectivity index (χ3v) is 5.06. The van der Waals surface area contributed by atoms with Crippen LogP contribution in [0.4, 0.5) is 0 Å². The molecule has 0 N–H and O–H groups in total. The van der Waals surface area contributed by atoms with Crippen LogP contribution in [0.2, 0.25) is 0 Å². The van der Waals surface area contributed by atoms with E-state index >= 15 is 0 Å². The summed E-state index contributed by atoms with van der Waals surface area (Å²) in [6.45, 7) is 6.75. The first-order chi connectivity index (χ1) is 17.0. The van der Waals surface area contributed by atoms with Crippen LogP contribution >= 0.6 is 0 Å². The lowest BCUT2D eigenvalue weighted by Gasteiger charge is -2.44. The summed E-state index contributed by atoms with van der Waals surface area (Å²) < 4.78 is 37.7. The first-order valence-corrected chi connectivity index (χ1v) is 12.1. The fourth-order valence-corrected chi connectivity index (χ4v) is 3.66. The third kappa shape index (κ3) is 12.3. The van der Waals surface area contributed by atoms with Gasteiger partial charge in [0.2, 0.25) is 0 Å². The lowest BCUT2D eigenvalue weighted by molar-refractivity contribution is -0.308. The summed E-state index contributed by atoms with van der Waals surface area (Å²) in [5.74, 6) is -2.88. The zero-order valence-electron chi connectivity index (χ0n) is 21.6. The van der Waals surface area contributed by atoms with E-state index in [1.807, 2.05) is 0 Å². The average Bonchev–Trinajstić information content (AvgIpc) is 2.77. The molecule has 12 heteroatoms. The second-order valence-corrected chi connectivity index (χ2v) is 8.26. The van der Waals surface area contributed by atoms with Gasteiger partial charge in [-0.1, -0.05) is 19.3 Å². The van der Waals surface area contributed by atoms with Gasteiger partial charge in [0.15, 0.2) is 24.6 Å². The van der Waals surface area contributed by atoms with E-state index < -0.39 is 54.6 Å². The average molecular weight is 519 g/mol. The number of esters is 5. The van der Waals surface area contributed by atoms with Gasteiger partial charge in [0, 0.05) is 40.7 Å². The van der Waals surface area contributed by atoms with Crippen LogP contribution < -0.4 is 0 Å². The van der Waals surface area contributed by atoms with E-state index in [1.165, 1.54) is 13.8 Å². The first-order valence-electron chi connectivity index (χ1n) is 12.1. The van der Waals surface area contributed by atoms with Crippen LogP contribution in [0, 0.1) is 0 Å². The van der Waals surface area contributed by atoms with Crippen molar-refractivity contribution >= 4 is 29.8 Å². The molecule has 5 atom stereocenters. The summed E-state index contributed by atoms with van der Waals surface area (Å²) in [5.41, 5.74) is 0. The summed E-state index contributed by atoms with van der Waals surface area (Å²) in [5, 5.41) is 0. The third-order valence-electron chi connectivity index (χ3n) is 5.06. The molecule has 0 bridgehead atoms. The molecule has 1 aliphatic rings. The van der Waals surface area contributed by atoms with Gasteiger partial charge < -0.3 is 33.2 Å². The normalized spacial score (nSPS) is 23.3. The number of rotatable bonds is 15. The number of hydrogen-bond donors (Lipinski definition) is 0. The Morgan fingerprint density at radius 2 is 1.22 bits per heavy atom. The van der Waals surface area contributed by atoms with E-state index in [2.05, 4.69) is 0 Å². The second-order valence-electron chi connectivity index (χ2n) is 8.26. The van der Waals surface area contributed by atoms with E-state index in [1.54, 1.807) is 6.92 Å². The number of unbranched alkanes of at least 4 members (excludes halogenated alkanes) is 4. The molecule has 0 aromatic heterocycles. The predicted octanol–water partition coefficient (Wildman–Crippen LogP) is 1.99. The predicted molar refractivity (Wildman–Crippen MR) is 122 cm³/mol. The Labute approximate surface area is 211 Å². The first kappa shape index (κ1) is 31.3. The SMILES string of the molecule is CCOC(=O)CCCCCCCOC1OC(COC(C)=O)C(OC(C)=O)C(OC(C)=O)C1OC(C)=O. The van der Waals surface area contributed by atoms with Gasteiger partial charge in [-0.3, -0.25) is 24.0 Å². The minimum atomic E-state index is -1.25. The zero-order chi connectivity index (χ0) is 27.1. The monoisotopic (exact) mass is 518 g/mol. The second kappa shape index (κ2) is 16.9. The molecule has 0 amide bonds. The molecule has 1 aliphatic heterocycles. The summed E-state index contributed by atoms with van der Waals surface area (Å²) in [4.78, 5) is 58.1. The van der Waals surface area contributed by atoms with Gasteiger partial charge >= 0.3 is 29.8 Å². The van der Waals surface area contributed by atoms with Crippen molar-refractivity contribution in [2.45, 2.75) is 104 Å². The molecule has 0 aliphatic carbocycles. The Morgan fingerprint density at radius 3 is 1.81 bits per heavy atom. The van der Waals surface area contributed by atoms with Gasteiger partial charge in [0.1, 0.15) is 12.7 Å². The van der Waals surface area contributed by atoms with Crippen LogP contribution in [0.1, 0.15) is 73.1 Å². The Balaban J connectivity index is 2.82. The number of ether oxygens (including phenoxy) is 7. The standard InChI is InChI=1S/C24H38O12/c1-6-30-20(29)12-10-8-7-9-11-13-31-24-23(35-18(5)28)22(34-17(4)27)21(33-16(3)26)19(36-24)14-32-15(2)25/h19,21-24H,6-14H2,1-5H3. The highest BCUT2D eigenvalue weighted by molar-refractivity contribution is 5.69. The summed E-state index contributed by atoms with van der Waals surface area (Å²) >= 11 is 0. The lowest BCUT2D eigenvalue weighted by Crippen LogP contribution is -2.63. The van der Waals surface area contributed by atoms with Gasteiger partial charge in [0.05, 0.1) is 6.61 Å². The highest BCUT2D eigenvalue weighted by atomic mass is 16.7. The number of carbonyl (C=O) groups is 5. The minimum absolute atomic E-state index is 0.204. The molecule has 1 fully saturated rings. The molecule has 0 saturated carbocycles. The van der Waals surface area contributed by atoms with Crippen molar-refractivity contribution < 1.29 is 57.1 Å². The van der Waals surface area contributed by atoms with Gasteiger partial charge in [-0.15, -0.1) is 0 Å². The van der Waals surface area contributed by atoms with Crippen molar-refractivity contribution in [3.05, 3.63) is 0 Å². The Bertz CT molecular complexity index is 737. The Kier molecular flexibility index (Phi) is 14.7. The molecule has 206 valence electrons. The van der Waals surface area contributed by atoms with Crippen LogP contribution in [0.5, 0.6) is 0 Å². The fourth-order valence-electron chi connectivity index (χ4n) is 3.66. The van der Waals surface area contributed by atoms with Crippen LogP contribution in [0.3, 0.4) is 0 Å². The molecule has 0 spiro atoms. The van der Waals surface area contributed by atoms with E-state index in [-0.39, 0.29) is 19.2 Å². The molecule has 0 radical (unpaired) electrons. The molecule has 0 aromatic carbocycles. The van der Waals surface area contributed by atoms with E-state index in [0.29, 0.717) is 19.4 Å². The van der Waals surface area contributed by atoms with E-state index in [0.717, 1.165) is 39.5 Å². The van der Waals surface area contributed by atoms with Crippen molar-refractivity contribution in [1.82, 2.24) is 0 Å². The molecular formula is C24H38O12. The van der Waals surface area contributed by atoms with Crippen LogP contribution in [-0.4, -0.2) is 80.4 Å². The molecule has 1 heterocycles. The summed E-state index contributed by atoms with van der Waals surface area (Å²) in [7, 11) is 0. The lowest BCUT2D eigenvalue weighted by atomic mass is 9.98. The molecule has 0 aromatic rings. The molecule has 5 unspecified atom stereocenters. The highest BCUT2D eigenvalue weighted by Gasteiger charge is 2.52. The number of hydrogen-bond acceptors (Lipinski definition) is 12. The minimum Gasteiger partial charge on any atom is -0.466 e.